The van der Waals surface area contributed by atoms with E-state index in [4.69, 9.17) is 9.26 Å². The number of rotatable bonds is 5. The Labute approximate surface area is 127 Å². The highest BCUT2D eigenvalue weighted by molar-refractivity contribution is 7.11. The normalized spacial score (nSPS) is 22.0. The zero-order valence-corrected chi connectivity index (χ0v) is 13.4. The molecular formula is C14H20N4O2S. The Morgan fingerprint density at radius 2 is 2.10 bits per heavy atom. The fraction of sp³-hybridized carbons (Fsp3) is 0.643. The van der Waals surface area contributed by atoms with E-state index in [1.165, 1.54) is 4.88 Å². The first-order valence-corrected chi connectivity index (χ1v) is 8.02. The van der Waals surface area contributed by atoms with Gasteiger partial charge in [-0.3, -0.25) is 0 Å². The predicted molar refractivity (Wildman–Crippen MR) is 79.2 cm³/mol. The summed E-state index contributed by atoms with van der Waals surface area (Å²) in [6.07, 6.45) is 2.11. The van der Waals surface area contributed by atoms with Gasteiger partial charge in [-0.15, -0.1) is 11.3 Å². The first kappa shape index (κ1) is 14.6. The van der Waals surface area contributed by atoms with Crippen LogP contribution < -0.4 is 5.32 Å². The fourth-order valence-electron chi connectivity index (χ4n) is 2.57. The van der Waals surface area contributed by atoms with Gasteiger partial charge >= 0.3 is 0 Å². The van der Waals surface area contributed by atoms with Gasteiger partial charge in [0.05, 0.1) is 16.8 Å². The molecule has 0 radical (unpaired) electrons. The van der Waals surface area contributed by atoms with Gasteiger partial charge in [-0.25, -0.2) is 4.98 Å². The summed E-state index contributed by atoms with van der Waals surface area (Å²) in [7, 11) is 0. The van der Waals surface area contributed by atoms with Crippen LogP contribution in [0.5, 0.6) is 0 Å². The molecule has 0 saturated carbocycles. The zero-order chi connectivity index (χ0) is 14.8. The number of aryl methyl sites for hydroxylation is 3. The third-order valence-corrected chi connectivity index (χ3v) is 4.66. The topological polar surface area (TPSA) is 73.1 Å². The number of hydrogen-bond donors (Lipinski definition) is 1. The largest absolute Gasteiger partial charge is 0.364 e. The summed E-state index contributed by atoms with van der Waals surface area (Å²) in [5, 5.41) is 8.39. The molecule has 1 N–H and O–H groups in total. The molecule has 1 aliphatic rings. The second-order valence-electron chi connectivity index (χ2n) is 5.38. The standard InChI is InChI=1S/C14H20N4O2S/c1-8-13(21-10(3)16-8)7-15-6-11-4-5-12(19-11)14-17-9(2)18-20-14/h11-12,15H,4-7H2,1-3H3/t11-,12+/m1/s1. The maximum Gasteiger partial charge on any atom is 0.255 e. The summed E-state index contributed by atoms with van der Waals surface area (Å²) >= 11 is 1.75. The zero-order valence-electron chi connectivity index (χ0n) is 12.5. The predicted octanol–water partition coefficient (Wildman–Crippen LogP) is 2.46. The van der Waals surface area contributed by atoms with Gasteiger partial charge in [-0.1, -0.05) is 5.16 Å². The third-order valence-electron chi connectivity index (χ3n) is 3.58. The Balaban J connectivity index is 1.46. The van der Waals surface area contributed by atoms with Crippen molar-refractivity contribution in [2.45, 2.75) is 52.4 Å². The van der Waals surface area contributed by atoms with Crippen molar-refractivity contribution in [3.63, 3.8) is 0 Å². The van der Waals surface area contributed by atoms with E-state index in [1.807, 2.05) is 13.8 Å². The summed E-state index contributed by atoms with van der Waals surface area (Å²) in [5.41, 5.74) is 1.12. The Bertz CT molecular complexity index is 610. The first-order valence-electron chi connectivity index (χ1n) is 7.21. The Morgan fingerprint density at radius 1 is 1.24 bits per heavy atom. The molecule has 7 heteroatoms. The molecular weight excluding hydrogens is 288 g/mol. The van der Waals surface area contributed by atoms with E-state index >= 15 is 0 Å². The van der Waals surface area contributed by atoms with Gasteiger partial charge < -0.3 is 14.6 Å². The van der Waals surface area contributed by atoms with Crippen molar-refractivity contribution in [2.75, 3.05) is 6.54 Å². The van der Waals surface area contributed by atoms with Crippen molar-refractivity contribution in [1.29, 1.82) is 0 Å². The van der Waals surface area contributed by atoms with Crippen molar-refractivity contribution in [1.82, 2.24) is 20.4 Å². The van der Waals surface area contributed by atoms with Gasteiger partial charge in [-0.05, 0) is 33.6 Å². The molecule has 0 unspecified atom stereocenters. The first-order chi connectivity index (χ1) is 10.1. The van der Waals surface area contributed by atoms with Gasteiger partial charge in [0, 0.05) is 18.0 Å². The highest BCUT2D eigenvalue weighted by atomic mass is 32.1. The number of aromatic nitrogens is 3. The highest BCUT2D eigenvalue weighted by Crippen LogP contribution is 2.31. The molecule has 0 bridgehead atoms. The molecule has 1 aliphatic heterocycles. The Morgan fingerprint density at radius 3 is 2.76 bits per heavy atom. The van der Waals surface area contributed by atoms with Gasteiger partial charge in [0.2, 0.25) is 0 Å². The fourth-order valence-corrected chi connectivity index (χ4v) is 3.47. The van der Waals surface area contributed by atoms with Gasteiger partial charge in [0.1, 0.15) is 6.10 Å². The number of ether oxygens (including phenoxy) is 1. The average Bonchev–Trinajstić information content (AvgIpc) is 3.12. The molecule has 0 aliphatic carbocycles. The van der Waals surface area contributed by atoms with Crippen LogP contribution in [0.25, 0.3) is 0 Å². The molecule has 0 spiro atoms. The van der Waals surface area contributed by atoms with Crippen LogP contribution in [-0.4, -0.2) is 27.8 Å². The molecule has 0 amide bonds. The number of nitrogens with zero attached hydrogens (tertiary/aromatic N) is 3. The van der Waals surface area contributed by atoms with E-state index in [0.717, 1.165) is 36.6 Å². The lowest BCUT2D eigenvalue weighted by Crippen LogP contribution is -2.26. The van der Waals surface area contributed by atoms with Crippen molar-refractivity contribution in [3.8, 4) is 0 Å². The second-order valence-corrected chi connectivity index (χ2v) is 6.66. The van der Waals surface area contributed by atoms with Crippen LogP contribution in [0.2, 0.25) is 0 Å². The number of thiazole rings is 1. The molecule has 2 aromatic heterocycles. The molecule has 3 heterocycles. The Kier molecular flexibility index (Phi) is 4.32. The SMILES string of the molecule is Cc1noc([C@@H]2CC[C@H](CNCc3sc(C)nc3C)O2)n1. The van der Waals surface area contributed by atoms with E-state index in [-0.39, 0.29) is 12.2 Å². The lowest BCUT2D eigenvalue weighted by Gasteiger charge is -2.12. The average molecular weight is 308 g/mol. The third kappa shape index (κ3) is 3.48. The van der Waals surface area contributed by atoms with E-state index in [1.54, 1.807) is 11.3 Å². The molecule has 2 aromatic rings. The van der Waals surface area contributed by atoms with Crippen LogP contribution in [0, 0.1) is 20.8 Å². The molecule has 114 valence electrons. The quantitative estimate of drug-likeness (QED) is 0.914. The second kappa shape index (κ2) is 6.21. The van der Waals surface area contributed by atoms with Crippen molar-refractivity contribution < 1.29 is 9.26 Å². The van der Waals surface area contributed by atoms with E-state index < -0.39 is 0 Å². The maximum atomic E-state index is 5.96. The van der Waals surface area contributed by atoms with E-state index in [0.29, 0.717) is 11.7 Å². The summed E-state index contributed by atoms with van der Waals surface area (Å²) in [5.74, 6) is 1.26. The smallest absolute Gasteiger partial charge is 0.255 e. The van der Waals surface area contributed by atoms with Gasteiger partial charge in [-0.2, -0.15) is 4.98 Å². The van der Waals surface area contributed by atoms with Crippen LogP contribution in [0.1, 0.15) is 46.2 Å². The Hall–Kier alpha value is -1.31. The van der Waals surface area contributed by atoms with Crippen LogP contribution in [0.4, 0.5) is 0 Å². The number of hydrogen-bond acceptors (Lipinski definition) is 7. The molecule has 2 atom stereocenters. The summed E-state index contributed by atoms with van der Waals surface area (Å²) in [6, 6.07) is 0. The minimum atomic E-state index is -0.0506. The summed E-state index contributed by atoms with van der Waals surface area (Å²) < 4.78 is 11.1. The minimum Gasteiger partial charge on any atom is -0.364 e. The van der Waals surface area contributed by atoms with Crippen LogP contribution in [0.15, 0.2) is 4.52 Å². The molecule has 6 nitrogen and oxygen atoms in total. The van der Waals surface area contributed by atoms with E-state index in [2.05, 4.69) is 27.4 Å². The minimum absolute atomic E-state index is 0.0506. The van der Waals surface area contributed by atoms with Crippen LogP contribution in [0.3, 0.4) is 0 Å². The van der Waals surface area contributed by atoms with E-state index in [9.17, 15) is 0 Å². The van der Waals surface area contributed by atoms with Crippen molar-refractivity contribution in [2.24, 2.45) is 0 Å². The van der Waals surface area contributed by atoms with Crippen molar-refractivity contribution >= 4 is 11.3 Å². The van der Waals surface area contributed by atoms with Crippen molar-refractivity contribution in [3.05, 3.63) is 27.3 Å². The van der Waals surface area contributed by atoms with Gasteiger partial charge in [0.25, 0.3) is 5.89 Å². The molecule has 21 heavy (non-hydrogen) atoms. The monoisotopic (exact) mass is 308 g/mol. The van der Waals surface area contributed by atoms with Crippen LogP contribution in [-0.2, 0) is 11.3 Å². The maximum absolute atomic E-state index is 5.96. The molecule has 1 saturated heterocycles. The molecule has 3 rings (SSSR count). The summed E-state index contributed by atoms with van der Waals surface area (Å²) in [4.78, 5) is 9.98. The van der Waals surface area contributed by atoms with Crippen LogP contribution >= 0.6 is 11.3 Å². The number of nitrogens with one attached hydrogen (secondary N) is 1. The molecule has 0 aromatic carbocycles. The lowest BCUT2D eigenvalue weighted by atomic mass is 10.2. The highest BCUT2D eigenvalue weighted by Gasteiger charge is 2.30. The summed E-state index contributed by atoms with van der Waals surface area (Å²) in [6.45, 7) is 7.60. The lowest BCUT2D eigenvalue weighted by molar-refractivity contribution is 0.0264. The molecule has 1 fully saturated rings. The van der Waals surface area contributed by atoms with Gasteiger partial charge in [0.15, 0.2) is 5.82 Å².